The van der Waals surface area contributed by atoms with Crippen LogP contribution in [-0.2, 0) is 11.3 Å². The monoisotopic (exact) mass is 439 g/mol. The fourth-order valence-electron chi connectivity index (χ4n) is 3.39. The van der Waals surface area contributed by atoms with Crippen molar-refractivity contribution in [1.29, 1.82) is 0 Å². The van der Waals surface area contributed by atoms with Gasteiger partial charge in [-0.25, -0.2) is 4.79 Å². The molecule has 1 aliphatic rings. The minimum atomic E-state index is -4.83. The maximum absolute atomic E-state index is 12.4. The SMILES string of the molecule is COc1ccc(OC(F)(F)F)cc1NC(=O)N[C@H]1CC[C@H](OCc2ccncc2)CC1. The van der Waals surface area contributed by atoms with E-state index >= 15 is 0 Å². The van der Waals surface area contributed by atoms with Gasteiger partial charge in [0.05, 0.1) is 25.5 Å². The molecule has 31 heavy (non-hydrogen) atoms. The molecule has 1 fully saturated rings. The first-order valence-electron chi connectivity index (χ1n) is 9.84. The van der Waals surface area contributed by atoms with E-state index in [-0.39, 0.29) is 23.6 Å². The Balaban J connectivity index is 1.47. The highest BCUT2D eigenvalue weighted by molar-refractivity contribution is 5.91. The number of hydrogen-bond acceptors (Lipinski definition) is 5. The van der Waals surface area contributed by atoms with E-state index in [2.05, 4.69) is 20.4 Å². The van der Waals surface area contributed by atoms with Gasteiger partial charge in [-0.15, -0.1) is 13.2 Å². The first kappa shape index (κ1) is 22.7. The Labute approximate surface area is 177 Å². The van der Waals surface area contributed by atoms with Crippen molar-refractivity contribution in [2.24, 2.45) is 0 Å². The number of carbonyl (C=O) groups is 1. The molecule has 2 N–H and O–H groups in total. The summed E-state index contributed by atoms with van der Waals surface area (Å²) in [5.74, 6) is -0.228. The van der Waals surface area contributed by atoms with Crippen LogP contribution in [0.1, 0.15) is 31.2 Å². The third-order valence-corrected chi connectivity index (χ3v) is 4.90. The first-order chi connectivity index (χ1) is 14.8. The maximum atomic E-state index is 12.4. The molecule has 1 aromatic carbocycles. The van der Waals surface area contributed by atoms with Crippen molar-refractivity contribution in [3.63, 3.8) is 0 Å². The van der Waals surface area contributed by atoms with E-state index < -0.39 is 18.1 Å². The van der Waals surface area contributed by atoms with Crippen molar-refractivity contribution in [2.75, 3.05) is 12.4 Å². The van der Waals surface area contributed by atoms with Crippen molar-refractivity contribution in [1.82, 2.24) is 10.3 Å². The highest BCUT2D eigenvalue weighted by Crippen LogP contribution is 2.32. The molecule has 168 valence electrons. The van der Waals surface area contributed by atoms with E-state index in [4.69, 9.17) is 9.47 Å². The van der Waals surface area contributed by atoms with E-state index in [9.17, 15) is 18.0 Å². The maximum Gasteiger partial charge on any atom is 0.573 e. The lowest BCUT2D eigenvalue weighted by Gasteiger charge is -2.29. The lowest BCUT2D eigenvalue weighted by atomic mass is 9.93. The lowest BCUT2D eigenvalue weighted by Crippen LogP contribution is -2.41. The molecule has 0 bridgehead atoms. The number of pyridine rings is 1. The van der Waals surface area contributed by atoms with E-state index in [0.717, 1.165) is 43.4 Å². The zero-order valence-electron chi connectivity index (χ0n) is 16.9. The van der Waals surface area contributed by atoms with E-state index in [1.165, 1.54) is 13.2 Å². The van der Waals surface area contributed by atoms with Crippen LogP contribution in [-0.4, -0.2) is 36.6 Å². The Morgan fingerprint density at radius 1 is 1.13 bits per heavy atom. The summed E-state index contributed by atoms with van der Waals surface area (Å²) in [6, 6.07) is 6.70. The smallest absolute Gasteiger partial charge is 0.495 e. The number of urea groups is 1. The predicted molar refractivity (Wildman–Crippen MR) is 107 cm³/mol. The second-order valence-corrected chi connectivity index (χ2v) is 7.15. The average molecular weight is 439 g/mol. The first-order valence-corrected chi connectivity index (χ1v) is 9.84. The summed E-state index contributed by atoms with van der Waals surface area (Å²) in [4.78, 5) is 16.3. The summed E-state index contributed by atoms with van der Waals surface area (Å²) in [6.07, 6.45) is 1.81. The molecule has 2 amide bonds. The van der Waals surface area contributed by atoms with Gasteiger partial charge in [-0.2, -0.15) is 0 Å². The van der Waals surface area contributed by atoms with Gasteiger partial charge in [0, 0.05) is 24.5 Å². The molecule has 0 atom stereocenters. The van der Waals surface area contributed by atoms with Crippen LogP contribution < -0.4 is 20.1 Å². The molecular formula is C21H24F3N3O4. The number of nitrogens with one attached hydrogen (secondary N) is 2. The molecule has 7 nitrogen and oxygen atoms in total. The van der Waals surface area contributed by atoms with Crippen molar-refractivity contribution in [3.8, 4) is 11.5 Å². The van der Waals surface area contributed by atoms with Gasteiger partial charge in [-0.1, -0.05) is 0 Å². The number of methoxy groups -OCH3 is 1. The van der Waals surface area contributed by atoms with Crippen molar-refractivity contribution in [2.45, 2.75) is 50.8 Å². The Morgan fingerprint density at radius 3 is 2.48 bits per heavy atom. The number of ether oxygens (including phenoxy) is 3. The summed E-state index contributed by atoms with van der Waals surface area (Å²) in [7, 11) is 1.36. The summed E-state index contributed by atoms with van der Waals surface area (Å²) in [5, 5.41) is 5.38. The fourth-order valence-corrected chi connectivity index (χ4v) is 3.39. The number of rotatable bonds is 7. The third kappa shape index (κ3) is 7.32. The number of alkyl halides is 3. The van der Waals surface area contributed by atoms with E-state index in [1.54, 1.807) is 12.4 Å². The fraction of sp³-hybridized carbons (Fsp3) is 0.429. The molecule has 1 aliphatic carbocycles. The van der Waals surface area contributed by atoms with Gasteiger partial charge in [0.1, 0.15) is 11.5 Å². The molecule has 1 heterocycles. The lowest BCUT2D eigenvalue weighted by molar-refractivity contribution is -0.274. The van der Waals surface area contributed by atoms with Crippen molar-refractivity contribution < 1.29 is 32.2 Å². The van der Waals surface area contributed by atoms with Crippen LogP contribution in [0.5, 0.6) is 11.5 Å². The predicted octanol–water partition coefficient (Wildman–Crippen LogP) is 4.64. The topological polar surface area (TPSA) is 81.7 Å². The number of aromatic nitrogens is 1. The molecule has 0 saturated heterocycles. The minimum absolute atomic E-state index is 0.0543. The Hall–Kier alpha value is -3.01. The molecule has 0 radical (unpaired) electrons. The molecule has 0 unspecified atom stereocenters. The van der Waals surface area contributed by atoms with Gasteiger partial charge in [0.25, 0.3) is 0 Å². The van der Waals surface area contributed by atoms with Gasteiger partial charge in [0.2, 0.25) is 0 Å². The zero-order chi connectivity index (χ0) is 22.3. The number of nitrogens with zero attached hydrogens (tertiary/aromatic N) is 1. The Kier molecular flexibility index (Phi) is 7.56. The summed E-state index contributed by atoms with van der Waals surface area (Å²) in [6.45, 7) is 0.516. The number of amides is 2. The van der Waals surface area contributed by atoms with Crippen LogP contribution in [0.15, 0.2) is 42.7 Å². The number of carbonyl (C=O) groups excluding carboxylic acids is 1. The van der Waals surface area contributed by atoms with Gasteiger partial charge in [-0.3, -0.25) is 4.98 Å². The molecule has 2 aromatic rings. The number of anilines is 1. The quantitative estimate of drug-likeness (QED) is 0.657. The van der Waals surface area contributed by atoms with E-state index in [1.807, 2.05) is 12.1 Å². The number of halogens is 3. The molecule has 0 aliphatic heterocycles. The van der Waals surface area contributed by atoms with Gasteiger partial charge < -0.3 is 24.8 Å². The zero-order valence-corrected chi connectivity index (χ0v) is 16.9. The molecule has 10 heteroatoms. The Morgan fingerprint density at radius 2 is 1.84 bits per heavy atom. The molecular weight excluding hydrogens is 415 g/mol. The molecule has 1 aromatic heterocycles. The highest BCUT2D eigenvalue weighted by atomic mass is 19.4. The van der Waals surface area contributed by atoms with Gasteiger partial charge in [-0.05, 0) is 55.5 Å². The largest absolute Gasteiger partial charge is 0.573 e. The summed E-state index contributed by atoms with van der Waals surface area (Å²) >= 11 is 0. The summed E-state index contributed by atoms with van der Waals surface area (Å²) in [5.41, 5.74) is 1.14. The van der Waals surface area contributed by atoms with Crippen LogP contribution in [0.4, 0.5) is 23.7 Å². The number of hydrogen-bond donors (Lipinski definition) is 2. The van der Waals surface area contributed by atoms with E-state index in [0.29, 0.717) is 6.61 Å². The van der Waals surface area contributed by atoms with Crippen molar-refractivity contribution >= 4 is 11.7 Å². The average Bonchev–Trinajstić information content (AvgIpc) is 2.73. The van der Waals surface area contributed by atoms with Crippen LogP contribution >= 0.6 is 0 Å². The second-order valence-electron chi connectivity index (χ2n) is 7.15. The van der Waals surface area contributed by atoms with Crippen LogP contribution in [0, 0.1) is 0 Å². The van der Waals surface area contributed by atoms with Crippen molar-refractivity contribution in [3.05, 3.63) is 48.3 Å². The molecule has 0 spiro atoms. The van der Waals surface area contributed by atoms with Crippen LogP contribution in [0.3, 0.4) is 0 Å². The normalized spacial score (nSPS) is 18.8. The molecule has 1 saturated carbocycles. The standard InChI is InChI=1S/C21H24F3N3O4/c1-29-19-7-6-17(31-21(22,23)24)12-18(19)27-20(28)26-15-2-4-16(5-3-15)30-13-14-8-10-25-11-9-14/h6-12,15-16H,2-5,13H2,1H3,(H2,26,27,28)/t15-,16-. The van der Waals surface area contributed by atoms with Gasteiger partial charge in [0.15, 0.2) is 0 Å². The minimum Gasteiger partial charge on any atom is -0.495 e. The third-order valence-electron chi connectivity index (χ3n) is 4.90. The summed E-state index contributed by atoms with van der Waals surface area (Å²) < 4.78 is 52.2. The van der Waals surface area contributed by atoms with Crippen LogP contribution in [0.25, 0.3) is 0 Å². The van der Waals surface area contributed by atoms with Crippen LogP contribution in [0.2, 0.25) is 0 Å². The second kappa shape index (κ2) is 10.3. The highest BCUT2D eigenvalue weighted by Gasteiger charge is 2.31. The Bertz CT molecular complexity index is 857. The van der Waals surface area contributed by atoms with Gasteiger partial charge >= 0.3 is 12.4 Å². The molecule has 3 rings (SSSR count). The number of benzene rings is 1.